The topological polar surface area (TPSA) is 61.8 Å². The summed E-state index contributed by atoms with van der Waals surface area (Å²) in [5.41, 5.74) is 0. The highest BCUT2D eigenvalue weighted by molar-refractivity contribution is 5.70. The minimum Gasteiger partial charge on any atom is -0.462 e. The Hall–Kier alpha value is -1.62. The Morgan fingerprint density at radius 2 is 0.724 bits per heavy atom. The van der Waals surface area contributed by atoms with E-state index in [4.69, 9.17) is 14.2 Å². The van der Waals surface area contributed by atoms with Gasteiger partial charge >= 0.3 is 11.9 Å². The van der Waals surface area contributed by atoms with E-state index in [0.29, 0.717) is 26.1 Å². The molecule has 0 aliphatic rings. The predicted octanol–water partition coefficient (Wildman–Crippen LogP) is 17.2. The van der Waals surface area contributed by atoms with E-state index in [9.17, 15) is 9.59 Å². The second kappa shape index (κ2) is 49.7. The number of unbranched alkanes of at least 4 members (excludes halogenated alkanes) is 33. The fourth-order valence-electron chi connectivity index (χ4n) is 7.60. The van der Waals surface area contributed by atoms with Gasteiger partial charge in [0.25, 0.3) is 0 Å². The molecule has 0 aromatic carbocycles. The van der Waals surface area contributed by atoms with Crippen molar-refractivity contribution < 1.29 is 23.8 Å². The Bertz CT molecular complexity index is 882. The van der Waals surface area contributed by atoms with Gasteiger partial charge in [-0.25, -0.2) is 0 Å². The summed E-state index contributed by atoms with van der Waals surface area (Å²) in [5, 5.41) is 0. The van der Waals surface area contributed by atoms with E-state index in [1.54, 1.807) is 0 Å². The zero-order chi connectivity index (χ0) is 42.1. The van der Waals surface area contributed by atoms with Gasteiger partial charge in [-0.1, -0.05) is 238 Å². The van der Waals surface area contributed by atoms with E-state index in [2.05, 4.69) is 45.1 Å². The Balaban J connectivity index is 4.13. The third-order valence-electron chi connectivity index (χ3n) is 11.5. The van der Waals surface area contributed by atoms with Crippen molar-refractivity contribution in [1.82, 2.24) is 0 Å². The normalized spacial score (nSPS) is 12.3. The molecule has 1 atom stereocenters. The molecular weight excluding hydrogens is 717 g/mol. The number of esters is 2. The lowest BCUT2D eigenvalue weighted by Crippen LogP contribution is -2.30. The van der Waals surface area contributed by atoms with Crippen LogP contribution in [0.2, 0.25) is 0 Å². The van der Waals surface area contributed by atoms with E-state index in [-0.39, 0.29) is 18.5 Å². The molecular formula is C53H100O5. The average molecular weight is 817 g/mol. The van der Waals surface area contributed by atoms with Crippen LogP contribution in [-0.2, 0) is 23.8 Å². The molecule has 0 rings (SSSR count). The first kappa shape index (κ1) is 56.4. The lowest BCUT2D eigenvalue weighted by atomic mass is 10.0. The van der Waals surface area contributed by atoms with Crippen LogP contribution in [0.3, 0.4) is 0 Å². The largest absolute Gasteiger partial charge is 0.462 e. The summed E-state index contributed by atoms with van der Waals surface area (Å²) < 4.78 is 17.4. The molecule has 58 heavy (non-hydrogen) atoms. The van der Waals surface area contributed by atoms with E-state index in [0.717, 1.165) is 38.5 Å². The standard InChI is InChI=1S/C53H100O5/c1-4-7-10-13-16-19-21-23-25-26-27-28-29-30-32-35-37-40-43-46-52(54)57-50-51(58-53(55)47-44-41-38-34-18-15-12-9-6-3)49-56-48-45-42-39-36-33-31-24-22-20-17-14-11-8-5-2/h16,19,23,25,51H,4-15,17-18,20-22,24,26-50H2,1-3H3/b19-16-,25-23-. The van der Waals surface area contributed by atoms with Crippen LogP contribution in [0.1, 0.15) is 278 Å². The zero-order valence-electron chi connectivity index (χ0n) is 39.3. The molecule has 0 radical (unpaired) electrons. The molecule has 0 saturated carbocycles. The van der Waals surface area contributed by atoms with Crippen LogP contribution in [0, 0.1) is 0 Å². The third kappa shape index (κ3) is 47.1. The maximum atomic E-state index is 12.7. The molecule has 0 aromatic rings. The van der Waals surface area contributed by atoms with Crippen LogP contribution in [0.15, 0.2) is 24.3 Å². The first-order valence-corrected chi connectivity index (χ1v) is 25.9. The maximum Gasteiger partial charge on any atom is 0.306 e. The van der Waals surface area contributed by atoms with E-state index < -0.39 is 6.10 Å². The molecule has 0 aliphatic carbocycles. The maximum absolute atomic E-state index is 12.7. The molecule has 0 N–H and O–H groups in total. The second-order valence-corrected chi connectivity index (χ2v) is 17.4. The van der Waals surface area contributed by atoms with Crippen molar-refractivity contribution in [1.29, 1.82) is 0 Å². The van der Waals surface area contributed by atoms with Crippen molar-refractivity contribution in [3.63, 3.8) is 0 Å². The zero-order valence-corrected chi connectivity index (χ0v) is 39.3. The molecule has 1 unspecified atom stereocenters. The Morgan fingerprint density at radius 1 is 0.379 bits per heavy atom. The molecule has 0 heterocycles. The number of carbonyl (C=O) groups excluding carboxylic acids is 2. The number of hydrogen-bond donors (Lipinski definition) is 0. The Kier molecular flexibility index (Phi) is 48.4. The number of carbonyl (C=O) groups is 2. The first-order chi connectivity index (χ1) is 28.6. The van der Waals surface area contributed by atoms with Crippen LogP contribution in [0.4, 0.5) is 0 Å². The molecule has 342 valence electrons. The molecule has 0 saturated heterocycles. The van der Waals surface area contributed by atoms with E-state index in [1.165, 1.54) is 205 Å². The van der Waals surface area contributed by atoms with Gasteiger partial charge in [-0.15, -0.1) is 0 Å². The fraction of sp³-hybridized carbons (Fsp3) is 0.887. The summed E-state index contributed by atoms with van der Waals surface area (Å²) in [6.07, 6.45) is 57.5. The van der Waals surface area contributed by atoms with Gasteiger partial charge in [0.15, 0.2) is 6.10 Å². The molecule has 0 aromatic heterocycles. The summed E-state index contributed by atoms with van der Waals surface area (Å²) in [5.74, 6) is -0.388. The van der Waals surface area contributed by atoms with Gasteiger partial charge in [0, 0.05) is 19.4 Å². The molecule has 0 fully saturated rings. The number of rotatable bonds is 48. The van der Waals surface area contributed by atoms with Crippen molar-refractivity contribution in [2.24, 2.45) is 0 Å². The number of allylic oxidation sites excluding steroid dienone is 4. The highest BCUT2D eigenvalue weighted by atomic mass is 16.6. The molecule has 5 heteroatoms. The molecule has 0 bridgehead atoms. The quantitative estimate of drug-likeness (QED) is 0.0348. The van der Waals surface area contributed by atoms with Gasteiger partial charge < -0.3 is 14.2 Å². The van der Waals surface area contributed by atoms with Crippen molar-refractivity contribution in [2.45, 2.75) is 284 Å². The van der Waals surface area contributed by atoms with Gasteiger partial charge in [-0.05, 0) is 51.4 Å². The predicted molar refractivity (Wildman–Crippen MR) is 252 cm³/mol. The SMILES string of the molecule is CCCCC/C=C\C/C=C\CCCCCCCCCCCC(=O)OCC(COCCCCCCCCCCCCCCCC)OC(=O)CCCCCCCCCCC. The van der Waals surface area contributed by atoms with Gasteiger partial charge in [0.2, 0.25) is 0 Å². The molecule has 5 nitrogen and oxygen atoms in total. The fourth-order valence-corrected chi connectivity index (χ4v) is 7.60. The van der Waals surface area contributed by atoms with Gasteiger partial charge in [-0.2, -0.15) is 0 Å². The highest BCUT2D eigenvalue weighted by Crippen LogP contribution is 2.15. The van der Waals surface area contributed by atoms with Crippen molar-refractivity contribution in [2.75, 3.05) is 19.8 Å². The molecule has 0 spiro atoms. The van der Waals surface area contributed by atoms with Crippen molar-refractivity contribution >= 4 is 11.9 Å². The minimum absolute atomic E-state index is 0.0903. The summed E-state index contributed by atoms with van der Waals surface area (Å²) in [6, 6.07) is 0. The second-order valence-electron chi connectivity index (χ2n) is 17.4. The Morgan fingerprint density at radius 3 is 1.17 bits per heavy atom. The minimum atomic E-state index is -0.528. The Labute approximate surface area is 362 Å². The highest BCUT2D eigenvalue weighted by Gasteiger charge is 2.17. The number of ether oxygens (including phenoxy) is 3. The third-order valence-corrected chi connectivity index (χ3v) is 11.5. The van der Waals surface area contributed by atoms with Crippen LogP contribution in [0.25, 0.3) is 0 Å². The molecule has 0 aliphatic heterocycles. The van der Waals surface area contributed by atoms with Crippen LogP contribution >= 0.6 is 0 Å². The van der Waals surface area contributed by atoms with Crippen molar-refractivity contribution in [3.8, 4) is 0 Å². The summed E-state index contributed by atoms with van der Waals surface area (Å²) in [4.78, 5) is 25.3. The van der Waals surface area contributed by atoms with Crippen LogP contribution < -0.4 is 0 Å². The van der Waals surface area contributed by atoms with Crippen molar-refractivity contribution in [3.05, 3.63) is 24.3 Å². The first-order valence-electron chi connectivity index (χ1n) is 25.9. The monoisotopic (exact) mass is 817 g/mol. The lowest BCUT2D eigenvalue weighted by Gasteiger charge is -2.18. The van der Waals surface area contributed by atoms with Gasteiger partial charge in [-0.3, -0.25) is 9.59 Å². The molecule has 0 amide bonds. The summed E-state index contributed by atoms with van der Waals surface area (Å²) in [7, 11) is 0. The van der Waals surface area contributed by atoms with E-state index in [1.807, 2.05) is 0 Å². The average Bonchev–Trinajstić information content (AvgIpc) is 3.22. The van der Waals surface area contributed by atoms with Gasteiger partial charge in [0.05, 0.1) is 6.61 Å². The van der Waals surface area contributed by atoms with Crippen LogP contribution in [-0.4, -0.2) is 37.9 Å². The summed E-state index contributed by atoms with van der Waals surface area (Å²) >= 11 is 0. The number of hydrogen-bond acceptors (Lipinski definition) is 5. The van der Waals surface area contributed by atoms with E-state index >= 15 is 0 Å². The summed E-state index contributed by atoms with van der Waals surface area (Å²) in [6.45, 7) is 7.84. The van der Waals surface area contributed by atoms with Crippen LogP contribution in [0.5, 0.6) is 0 Å². The smallest absolute Gasteiger partial charge is 0.306 e. The lowest BCUT2D eigenvalue weighted by molar-refractivity contribution is -0.163. The van der Waals surface area contributed by atoms with Gasteiger partial charge in [0.1, 0.15) is 6.61 Å².